The monoisotopic (exact) mass is 249 g/mol. The molecule has 18 heavy (non-hydrogen) atoms. The standard InChI is InChI=1S/C16H27NO/c1-12(2)10-17-14(5)15-6-8-16(9-7-15)18-11-13(3)4/h6-9,12-14,17H,10-11H2,1-5H3. The Balaban J connectivity index is 2.48. The molecule has 1 aromatic carbocycles. The van der Waals surface area contributed by atoms with E-state index >= 15 is 0 Å². The highest BCUT2D eigenvalue weighted by molar-refractivity contribution is 5.28. The van der Waals surface area contributed by atoms with Crippen LogP contribution in [0.3, 0.4) is 0 Å². The Bertz CT molecular complexity index is 329. The van der Waals surface area contributed by atoms with Crippen molar-refractivity contribution >= 4 is 0 Å². The summed E-state index contributed by atoms with van der Waals surface area (Å²) in [5.41, 5.74) is 1.31. The molecule has 0 heterocycles. The number of rotatable bonds is 7. The van der Waals surface area contributed by atoms with E-state index in [0.717, 1.165) is 18.9 Å². The number of hydrogen-bond acceptors (Lipinski definition) is 2. The Kier molecular flexibility index (Phi) is 6.20. The van der Waals surface area contributed by atoms with Crippen LogP contribution in [0.25, 0.3) is 0 Å². The van der Waals surface area contributed by atoms with Gasteiger partial charge in [-0.1, -0.05) is 39.8 Å². The van der Waals surface area contributed by atoms with Crippen LogP contribution in [0.5, 0.6) is 5.75 Å². The van der Waals surface area contributed by atoms with Crippen LogP contribution in [0.2, 0.25) is 0 Å². The molecule has 1 rings (SSSR count). The fourth-order valence-electron chi connectivity index (χ4n) is 1.65. The minimum atomic E-state index is 0.395. The zero-order valence-corrected chi connectivity index (χ0v) is 12.4. The van der Waals surface area contributed by atoms with Crippen LogP contribution in [-0.4, -0.2) is 13.2 Å². The molecule has 0 aromatic heterocycles. The second kappa shape index (κ2) is 7.42. The van der Waals surface area contributed by atoms with Gasteiger partial charge < -0.3 is 10.1 Å². The molecular weight excluding hydrogens is 222 g/mol. The van der Waals surface area contributed by atoms with Crippen molar-refractivity contribution in [2.45, 2.75) is 40.7 Å². The second-order valence-corrected chi connectivity index (χ2v) is 5.80. The van der Waals surface area contributed by atoms with Gasteiger partial charge >= 0.3 is 0 Å². The van der Waals surface area contributed by atoms with Gasteiger partial charge in [-0.25, -0.2) is 0 Å². The lowest BCUT2D eigenvalue weighted by atomic mass is 10.1. The molecule has 0 saturated carbocycles. The fourth-order valence-corrected chi connectivity index (χ4v) is 1.65. The molecule has 0 bridgehead atoms. The topological polar surface area (TPSA) is 21.3 Å². The van der Waals surface area contributed by atoms with E-state index in [1.807, 2.05) is 0 Å². The van der Waals surface area contributed by atoms with Gasteiger partial charge in [0.25, 0.3) is 0 Å². The lowest BCUT2D eigenvalue weighted by molar-refractivity contribution is 0.271. The fraction of sp³-hybridized carbons (Fsp3) is 0.625. The van der Waals surface area contributed by atoms with Crippen molar-refractivity contribution in [2.75, 3.05) is 13.2 Å². The van der Waals surface area contributed by atoms with E-state index in [2.05, 4.69) is 64.2 Å². The molecule has 0 aliphatic carbocycles. The first kappa shape index (κ1) is 15.0. The number of hydrogen-bond donors (Lipinski definition) is 1. The van der Waals surface area contributed by atoms with Gasteiger partial charge in [-0.05, 0) is 43.0 Å². The van der Waals surface area contributed by atoms with Gasteiger partial charge in [0.2, 0.25) is 0 Å². The van der Waals surface area contributed by atoms with E-state index < -0.39 is 0 Å². The van der Waals surface area contributed by atoms with E-state index in [1.54, 1.807) is 0 Å². The molecule has 0 spiro atoms. The Morgan fingerprint density at radius 3 is 2.06 bits per heavy atom. The molecule has 0 saturated heterocycles. The summed E-state index contributed by atoms with van der Waals surface area (Å²) >= 11 is 0. The molecule has 1 unspecified atom stereocenters. The molecular formula is C16H27NO. The molecule has 0 aliphatic heterocycles. The molecule has 0 fully saturated rings. The summed E-state index contributed by atoms with van der Waals surface area (Å²) in [5.74, 6) is 2.21. The Morgan fingerprint density at radius 1 is 0.944 bits per heavy atom. The van der Waals surface area contributed by atoms with E-state index in [9.17, 15) is 0 Å². The van der Waals surface area contributed by atoms with Crippen LogP contribution in [0, 0.1) is 11.8 Å². The third-order valence-corrected chi connectivity index (χ3v) is 2.80. The molecule has 2 heteroatoms. The largest absolute Gasteiger partial charge is 0.493 e. The quantitative estimate of drug-likeness (QED) is 0.788. The Labute approximate surface area is 112 Å². The van der Waals surface area contributed by atoms with Gasteiger partial charge in [-0.3, -0.25) is 0 Å². The molecule has 0 amide bonds. The summed E-state index contributed by atoms with van der Waals surface area (Å²) in [7, 11) is 0. The summed E-state index contributed by atoms with van der Waals surface area (Å²) in [5, 5.41) is 3.53. The van der Waals surface area contributed by atoms with Crippen molar-refractivity contribution in [2.24, 2.45) is 11.8 Å². The van der Waals surface area contributed by atoms with Gasteiger partial charge in [-0.2, -0.15) is 0 Å². The van der Waals surface area contributed by atoms with Crippen molar-refractivity contribution in [1.29, 1.82) is 0 Å². The smallest absolute Gasteiger partial charge is 0.119 e. The third-order valence-electron chi connectivity index (χ3n) is 2.80. The van der Waals surface area contributed by atoms with E-state index in [4.69, 9.17) is 4.74 Å². The lowest BCUT2D eigenvalue weighted by Crippen LogP contribution is -2.23. The van der Waals surface area contributed by atoms with E-state index in [0.29, 0.717) is 17.9 Å². The highest BCUT2D eigenvalue weighted by Gasteiger charge is 2.05. The molecule has 1 aromatic rings. The van der Waals surface area contributed by atoms with Crippen molar-refractivity contribution in [1.82, 2.24) is 5.32 Å². The second-order valence-electron chi connectivity index (χ2n) is 5.80. The van der Waals surface area contributed by atoms with Gasteiger partial charge in [0, 0.05) is 6.04 Å². The Morgan fingerprint density at radius 2 is 1.56 bits per heavy atom. The zero-order valence-electron chi connectivity index (χ0n) is 12.4. The highest BCUT2D eigenvalue weighted by atomic mass is 16.5. The first-order chi connectivity index (χ1) is 8.49. The van der Waals surface area contributed by atoms with Crippen molar-refractivity contribution in [3.05, 3.63) is 29.8 Å². The van der Waals surface area contributed by atoms with E-state index in [1.165, 1.54) is 5.56 Å². The average molecular weight is 249 g/mol. The van der Waals surface area contributed by atoms with Crippen LogP contribution in [0.1, 0.15) is 46.2 Å². The summed E-state index contributed by atoms with van der Waals surface area (Å²) in [6, 6.07) is 8.81. The molecule has 0 aliphatic rings. The van der Waals surface area contributed by atoms with Crippen LogP contribution < -0.4 is 10.1 Å². The summed E-state index contributed by atoms with van der Waals surface area (Å²) in [6.45, 7) is 12.8. The van der Waals surface area contributed by atoms with Crippen LogP contribution in [-0.2, 0) is 0 Å². The molecule has 2 nitrogen and oxygen atoms in total. The minimum Gasteiger partial charge on any atom is -0.493 e. The highest BCUT2D eigenvalue weighted by Crippen LogP contribution is 2.18. The number of ether oxygens (including phenoxy) is 1. The van der Waals surface area contributed by atoms with Crippen LogP contribution in [0.15, 0.2) is 24.3 Å². The maximum Gasteiger partial charge on any atom is 0.119 e. The molecule has 1 N–H and O–H groups in total. The molecule has 1 atom stereocenters. The number of benzene rings is 1. The SMILES string of the molecule is CC(C)CNC(C)c1ccc(OCC(C)C)cc1. The Hall–Kier alpha value is -1.02. The first-order valence-electron chi connectivity index (χ1n) is 6.95. The third kappa shape index (κ3) is 5.54. The predicted molar refractivity (Wildman–Crippen MR) is 78.0 cm³/mol. The van der Waals surface area contributed by atoms with Crippen molar-refractivity contribution < 1.29 is 4.74 Å². The molecule has 102 valence electrons. The lowest BCUT2D eigenvalue weighted by Gasteiger charge is -2.16. The summed E-state index contributed by atoms with van der Waals surface area (Å²) in [4.78, 5) is 0. The maximum atomic E-state index is 5.68. The van der Waals surface area contributed by atoms with Gasteiger partial charge in [0.05, 0.1) is 6.61 Å². The predicted octanol–water partition coefficient (Wildman–Crippen LogP) is 4.03. The number of nitrogens with one attached hydrogen (secondary N) is 1. The van der Waals surface area contributed by atoms with Crippen molar-refractivity contribution in [3.63, 3.8) is 0 Å². The normalized spacial score (nSPS) is 13.1. The first-order valence-corrected chi connectivity index (χ1v) is 6.95. The minimum absolute atomic E-state index is 0.395. The maximum absolute atomic E-state index is 5.68. The summed E-state index contributed by atoms with van der Waals surface area (Å²) < 4.78 is 5.68. The van der Waals surface area contributed by atoms with Gasteiger partial charge in [0.15, 0.2) is 0 Å². The van der Waals surface area contributed by atoms with Gasteiger partial charge in [-0.15, -0.1) is 0 Å². The van der Waals surface area contributed by atoms with E-state index in [-0.39, 0.29) is 0 Å². The van der Waals surface area contributed by atoms with Gasteiger partial charge in [0.1, 0.15) is 5.75 Å². The van der Waals surface area contributed by atoms with Crippen molar-refractivity contribution in [3.8, 4) is 5.75 Å². The zero-order chi connectivity index (χ0) is 13.5. The van der Waals surface area contributed by atoms with Crippen LogP contribution >= 0.6 is 0 Å². The van der Waals surface area contributed by atoms with Crippen LogP contribution in [0.4, 0.5) is 0 Å². The average Bonchev–Trinajstić information content (AvgIpc) is 2.34. The molecule has 0 radical (unpaired) electrons. The summed E-state index contributed by atoms with van der Waals surface area (Å²) in [6.07, 6.45) is 0.